The van der Waals surface area contributed by atoms with Gasteiger partial charge in [0.05, 0.1) is 29.7 Å². The predicted molar refractivity (Wildman–Crippen MR) is 75.8 cm³/mol. The number of piperidine rings is 1. The van der Waals surface area contributed by atoms with Crippen LogP contribution in [0, 0.1) is 0 Å². The number of nitrogens with two attached hydrogens (primary N) is 1. The summed E-state index contributed by atoms with van der Waals surface area (Å²) in [6.07, 6.45) is 2.91. The molecule has 0 radical (unpaired) electrons. The average Bonchev–Trinajstić information content (AvgIpc) is 2.38. The first-order valence-electron chi connectivity index (χ1n) is 6.65. The number of aromatic nitrogens is 1. The Bertz CT molecular complexity index is 469. The Morgan fingerprint density at radius 2 is 2.45 bits per heavy atom. The molecule has 1 fully saturated rings. The van der Waals surface area contributed by atoms with Gasteiger partial charge in [0.25, 0.3) is 0 Å². The summed E-state index contributed by atoms with van der Waals surface area (Å²) in [4.78, 5) is 16.9. The van der Waals surface area contributed by atoms with E-state index in [0.717, 1.165) is 5.69 Å². The molecule has 1 aliphatic heterocycles. The number of hydrogen-bond donors (Lipinski definition) is 3. The Labute approximate surface area is 117 Å². The summed E-state index contributed by atoms with van der Waals surface area (Å²) in [5, 5.41) is 11.4. The van der Waals surface area contributed by atoms with Gasteiger partial charge in [-0.3, -0.25) is 4.98 Å². The summed E-state index contributed by atoms with van der Waals surface area (Å²) in [6.45, 7) is 3.80. The first-order valence-corrected chi connectivity index (χ1v) is 6.65. The van der Waals surface area contributed by atoms with Crippen LogP contribution in [0.15, 0.2) is 18.5 Å². The number of nitrogens with zero attached hydrogens (tertiary/aromatic N) is 2. The lowest BCUT2D eigenvalue weighted by Gasteiger charge is -2.39. The molecule has 1 aliphatic rings. The summed E-state index contributed by atoms with van der Waals surface area (Å²) >= 11 is 0. The molecular weight excluding hydrogens is 260 g/mol. The van der Waals surface area contributed by atoms with Gasteiger partial charge in [0.15, 0.2) is 0 Å². The first-order chi connectivity index (χ1) is 9.60. The molecule has 20 heavy (non-hydrogen) atoms. The van der Waals surface area contributed by atoms with Crippen LogP contribution in [0.25, 0.3) is 0 Å². The second kappa shape index (κ2) is 6.42. The molecule has 0 unspecified atom stereocenters. The van der Waals surface area contributed by atoms with Crippen LogP contribution in [0.5, 0.6) is 0 Å². The van der Waals surface area contributed by atoms with E-state index in [-0.39, 0.29) is 12.1 Å². The van der Waals surface area contributed by atoms with Crippen LogP contribution in [-0.2, 0) is 4.74 Å². The number of carbonyl (C=O) groups is 1. The Kier molecular flexibility index (Phi) is 4.62. The summed E-state index contributed by atoms with van der Waals surface area (Å²) in [5.41, 5.74) is 7.38. The number of rotatable bonds is 4. The number of carboxylic acid groups (broad SMARTS) is 1. The molecule has 0 saturated carbocycles. The van der Waals surface area contributed by atoms with E-state index in [2.05, 4.69) is 10.3 Å². The van der Waals surface area contributed by atoms with Gasteiger partial charge in [-0.05, 0) is 19.4 Å². The molecule has 7 nitrogen and oxygen atoms in total. The summed E-state index contributed by atoms with van der Waals surface area (Å²) in [6, 6.07) is 1.66. The fourth-order valence-electron chi connectivity index (χ4n) is 2.57. The molecule has 0 bridgehead atoms. The molecule has 0 aromatic carbocycles. The van der Waals surface area contributed by atoms with Gasteiger partial charge in [-0.15, -0.1) is 0 Å². The van der Waals surface area contributed by atoms with E-state index in [4.69, 9.17) is 15.6 Å². The zero-order valence-electron chi connectivity index (χ0n) is 11.5. The third-order valence-electron chi connectivity index (χ3n) is 3.31. The second-order valence-electron chi connectivity index (χ2n) is 4.80. The van der Waals surface area contributed by atoms with Crippen molar-refractivity contribution < 1.29 is 14.6 Å². The van der Waals surface area contributed by atoms with Crippen molar-refractivity contribution in [3.63, 3.8) is 0 Å². The van der Waals surface area contributed by atoms with Crippen LogP contribution < -0.4 is 16.0 Å². The highest BCUT2D eigenvalue weighted by molar-refractivity contribution is 5.67. The van der Waals surface area contributed by atoms with Crippen molar-refractivity contribution in [2.24, 2.45) is 0 Å². The van der Waals surface area contributed by atoms with Crippen LogP contribution in [0.2, 0.25) is 0 Å². The minimum Gasteiger partial charge on any atom is -0.465 e. The van der Waals surface area contributed by atoms with Gasteiger partial charge in [-0.2, -0.15) is 0 Å². The molecule has 1 aromatic heterocycles. The van der Waals surface area contributed by atoms with Gasteiger partial charge in [0.1, 0.15) is 0 Å². The molecule has 7 heteroatoms. The van der Waals surface area contributed by atoms with E-state index in [1.807, 2.05) is 17.9 Å². The highest BCUT2D eigenvalue weighted by Gasteiger charge is 2.29. The van der Waals surface area contributed by atoms with Crippen LogP contribution in [0.4, 0.5) is 16.2 Å². The van der Waals surface area contributed by atoms with Gasteiger partial charge in [0.2, 0.25) is 0 Å². The standard InChI is InChI=1S/C13H20N4O3/c1-2-20-10-5-9(16-13(18)19)7-17(8-10)12-3-4-15-6-11(12)14/h3-4,6,9-10,16H,2,5,7-8,14H2,1H3,(H,18,19)/t9-,10+/m0/s1. The number of hydrogen-bond acceptors (Lipinski definition) is 5. The van der Waals surface area contributed by atoms with Crippen molar-refractivity contribution >= 4 is 17.5 Å². The normalized spacial score (nSPS) is 22.6. The maximum Gasteiger partial charge on any atom is 0.404 e. The average molecular weight is 280 g/mol. The van der Waals surface area contributed by atoms with Gasteiger partial charge in [-0.25, -0.2) is 4.79 Å². The van der Waals surface area contributed by atoms with Gasteiger partial charge < -0.3 is 25.8 Å². The molecular formula is C13H20N4O3. The predicted octanol–water partition coefficient (Wildman–Crippen LogP) is 0.915. The minimum atomic E-state index is -1.02. The lowest BCUT2D eigenvalue weighted by Crippen LogP contribution is -2.53. The smallest absolute Gasteiger partial charge is 0.404 e. The molecule has 0 aliphatic carbocycles. The number of nitrogens with one attached hydrogen (secondary N) is 1. The number of amides is 1. The zero-order chi connectivity index (χ0) is 14.5. The molecule has 4 N–H and O–H groups in total. The van der Waals surface area contributed by atoms with Crippen LogP contribution in [-0.4, -0.2) is 48.0 Å². The molecule has 2 atom stereocenters. The van der Waals surface area contributed by atoms with E-state index in [1.54, 1.807) is 12.4 Å². The Balaban J connectivity index is 2.14. The fourth-order valence-corrected chi connectivity index (χ4v) is 2.57. The van der Waals surface area contributed by atoms with Crippen LogP contribution in [0.1, 0.15) is 13.3 Å². The van der Waals surface area contributed by atoms with Crippen molar-refractivity contribution in [3.8, 4) is 0 Å². The second-order valence-corrected chi connectivity index (χ2v) is 4.80. The molecule has 1 amide bonds. The number of pyridine rings is 1. The highest BCUT2D eigenvalue weighted by Crippen LogP contribution is 2.26. The quantitative estimate of drug-likeness (QED) is 0.758. The lowest BCUT2D eigenvalue weighted by atomic mass is 10.0. The third kappa shape index (κ3) is 3.51. The van der Waals surface area contributed by atoms with E-state index < -0.39 is 6.09 Å². The van der Waals surface area contributed by atoms with Crippen molar-refractivity contribution in [2.45, 2.75) is 25.5 Å². The molecule has 0 spiro atoms. The number of ether oxygens (including phenoxy) is 1. The third-order valence-corrected chi connectivity index (χ3v) is 3.31. The molecule has 1 saturated heterocycles. The lowest BCUT2D eigenvalue weighted by molar-refractivity contribution is 0.0444. The van der Waals surface area contributed by atoms with E-state index in [1.165, 1.54) is 0 Å². The summed E-state index contributed by atoms with van der Waals surface area (Å²) in [7, 11) is 0. The Morgan fingerprint density at radius 1 is 1.65 bits per heavy atom. The van der Waals surface area contributed by atoms with Crippen molar-refractivity contribution in [1.82, 2.24) is 10.3 Å². The zero-order valence-corrected chi connectivity index (χ0v) is 11.5. The first kappa shape index (κ1) is 14.4. The van der Waals surface area contributed by atoms with Crippen molar-refractivity contribution in [1.29, 1.82) is 0 Å². The van der Waals surface area contributed by atoms with Gasteiger partial charge in [0, 0.05) is 25.9 Å². The molecule has 110 valence electrons. The van der Waals surface area contributed by atoms with Gasteiger partial charge >= 0.3 is 6.09 Å². The highest BCUT2D eigenvalue weighted by atomic mass is 16.5. The topological polar surface area (TPSA) is 101 Å². The largest absolute Gasteiger partial charge is 0.465 e. The number of nitrogen functional groups attached to an aromatic ring is 1. The number of anilines is 2. The van der Waals surface area contributed by atoms with Gasteiger partial charge in [-0.1, -0.05) is 0 Å². The monoisotopic (exact) mass is 280 g/mol. The van der Waals surface area contributed by atoms with Crippen LogP contribution in [0.3, 0.4) is 0 Å². The minimum absolute atomic E-state index is 0.0156. The summed E-state index contributed by atoms with van der Waals surface area (Å²) < 4.78 is 5.66. The van der Waals surface area contributed by atoms with Crippen LogP contribution >= 0.6 is 0 Å². The maximum atomic E-state index is 10.8. The van der Waals surface area contributed by atoms with Crippen molar-refractivity contribution in [2.75, 3.05) is 30.3 Å². The molecule has 2 heterocycles. The van der Waals surface area contributed by atoms with E-state index >= 15 is 0 Å². The molecule has 2 rings (SSSR count). The summed E-state index contributed by atoms with van der Waals surface area (Å²) in [5.74, 6) is 0. The Morgan fingerprint density at radius 3 is 3.10 bits per heavy atom. The Hall–Kier alpha value is -2.02. The fraction of sp³-hybridized carbons (Fsp3) is 0.538. The SMILES string of the molecule is CCO[C@@H]1C[C@H](NC(=O)O)CN(c2ccncc2N)C1. The maximum absolute atomic E-state index is 10.8. The van der Waals surface area contributed by atoms with E-state index in [0.29, 0.717) is 31.8 Å². The molecule has 1 aromatic rings. The van der Waals surface area contributed by atoms with E-state index in [9.17, 15) is 4.79 Å². The van der Waals surface area contributed by atoms with Crippen molar-refractivity contribution in [3.05, 3.63) is 18.5 Å².